The third-order valence-electron chi connectivity index (χ3n) is 4.54. The summed E-state index contributed by atoms with van der Waals surface area (Å²) in [5, 5.41) is 0. The van der Waals surface area contributed by atoms with E-state index in [-0.39, 0.29) is 12.0 Å². The van der Waals surface area contributed by atoms with Crippen LogP contribution in [0.1, 0.15) is 30.0 Å². The lowest BCUT2D eigenvalue weighted by Crippen LogP contribution is -2.51. The summed E-state index contributed by atoms with van der Waals surface area (Å²) >= 11 is 0. The number of pyridine rings is 1. The van der Waals surface area contributed by atoms with E-state index < -0.39 is 0 Å². The van der Waals surface area contributed by atoms with Crippen LogP contribution in [0.15, 0.2) is 18.3 Å². The molecule has 0 radical (unpaired) electrons. The van der Waals surface area contributed by atoms with E-state index in [1.807, 2.05) is 25.3 Å². The summed E-state index contributed by atoms with van der Waals surface area (Å²) in [5.74, 6) is 0.555. The van der Waals surface area contributed by atoms with E-state index in [1.165, 1.54) is 0 Å². The summed E-state index contributed by atoms with van der Waals surface area (Å²) in [7, 11) is 1.59. The molecule has 1 saturated heterocycles. The number of nitrogens with zero attached hydrogens (tertiary/aromatic N) is 4. The molecule has 0 aromatic carbocycles. The maximum atomic E-state index is 13.1. The Morgan fingerprint density at radius 1 is 1.15 bits per heavy atom. The molecular weight excluding hydrogens is 336 g/mol. The molecule has 0 unspecified atom stereocenters. The van der Waals surface area contributed by atoms with Gasteiger partial charge in [0, 0.05) is 32.4 Å². The van der Waals surface area contributed by atoms with Gasteiger partial charge in [0.2, 0.25) is 0 Å². The van der Waals surface area contributed by atoms with E-state index in [0.717, 1.165) is 5.69 Å². The van der Waals surface area contributed by atoms with Crippen LogP contribution in [0.4, 0.5) is 4.79 Å². The maximum absolute atomic E-state index is 13.1. The van der Waals surface area contributed by atoms with Crippen molar-refractivity contribution >= 4 is 17.6 Å². The van der Waals surface area contributed by atoms with Gasteiger partial charge in [0.05, 0.1) is 19.4 Å². The van der Waals surface area contributed by atoms with Crippen LogP contribution in [0.25, 0.3) is 5.65 Å². The summed E-state index contributed by atoms with van der Waals surface area (Å²) in [4.78, 5) is 33.0. The van der Waals surface area contributed by atoms with E-state index >= 15 is 0 Å². The van der Waals surface area contributed by atoms with Gasteiger partial charge in [0.15, 0.2) is 11.4 Å². The van der Waals surface area contributed by atoms with Gasteiger partial charge in [-0.05, 0) is 25.5 Å². The predicted octanol–water partition coefficient (Wildman–Crippen LogP) is 1.82. The van der Waals surface area contributed by atoms with Gasteiger partial charge in [0.1, 0.15) is 5.69 Å². The van der Waals surface area contributed by atoms with Crippen molar-refractivity contribution in [2.45, 2.75) is 20.3 Å². The fourth-order valence-electron chi connectivity index (χ4n) is 3.18. The fraction of sp³-hybridized carbons (Fsp3) is 0.500. The number of piperazine rings is 1. The van der Waals surface area contributed by atoms with Crippen molar-refractivity contribution in [1.82, 2.24) is 19.2 Å². The number of hydrogen-bond acceptors (Lipinski definition) is 5. The molecule has 1 fully saturated rings. The minimum Gasteiger partial charge on any atom is -0.493 e. The van der Waals surface area contributed by atoms with Crippen molar-refractivity contribution in [3.05, 3.63) is 29.7 Å². The fourth-order valence-corrected chi connectivity index (χ4v) is 3.18. The van der Waals surface area contributed by atoms with Crippen molar-refractivity contribution in [1.29, 1.82) is 0 Å². The molecule has 140 valence electrons. The summed E-state index contributed by atoms with van der Waals surface area (Å²) in [6, 6.07) is 3.66. The monoisotopic (exact) mass is 360 g/mol. The third kappa shape index (κ3) is 3.18. The Morgan fingerprint density at radius 3 is 2.46 bits per heavy atom. The molecular formula is C18H24N4O4. The molecule has 0 atom stereocenters. The lowest BCUT2D eigenvalue weighted by molar-refractivity contribution is 0.0564. The van der Waals surface area contributed by atoms with Crippen molar-refractivity contribution < 1.29 is 19.1 Å². The summed E-state index contributed by atoms with van der Waals surface area (Å²) in [6.07, 6.45) is 2.15. The minimum absolute atomic E-state index is 0.0777. The number of fused-ring (bicyclic) bond motifs is 1. The number of hydrogen-bond donors (Lipinski definition) is 0. The van der Waals surface area contributed by atoms with Crippen LogP contribution in [-0.2, 0) is 11.2 Å². The van der Waals surface area contributed by atoms with Gasteiger partial charge < -0.3 is 19.3 Å². The number of imidazole rings is 1. The van der Waals surface area contributed by atoms with Crippen LogP contribution in [0, 0.1) is 0 Å². The second-order valence-corrected chi connectivity index (χ2v) is 6.01. The minimum atomic E-state index is -0.326. The van der Waals surface area contributed by atoms with Gasteiger partial charge in [-0.1, -0.05) is 6.92 Å². The van der Waals surface area contributed by atoms with Crippen molar-refractivity contribution in [3.8, 4) is 5.75 Å². The molecule has 0 N–H and O–H groups in total. The zero-order chi connectivity index (χ0) is 18.7. The zero-order valence-corrected chi connectivity index (χ0v) is 15.4. The highest BCUT2D eigenvalue weighted by Gasteiger charge is 2.29. The Morgan fingerprint density at radius 2 is 1.85 bits per heavy atom. The standard InChI is InChI=1S/C18H24N4O4/c1-4-13-15(22-8-6-7-14(25-3)16(22)19-13)17(23)20-9-11-21(12-10-20)18(24)26-5-2/h6-8H,4-5,9-12H2,1-3H3. The number of carbonyl (C=O) groups is 2. The number of methoxy groups -OCH3 is 1. The molecule has 8 heteroatoms. The van der Waals surface area contributed by atoms with E-state index in [1.54, 1.807) is 28.2 Å². The molecule has 0 bridgehead atoms. The smallest absolute Gasteiger partial charge is 0.409 e. The number of aromatic nitrogens is 2. The Labute approximate surface area is 152 Å². The molecule has 0 spiro atoms. The number of amides is 2. The van der Waals surface area contributed by atoms with Gasteiger partial charge in [0.25, 0.3) is 5.91 Å². The number of rotatable bonds is 4. The molecule has 0 saturated carbocycles. The van der Waals surface area contributed by atoms with Crippen LogP contribution in [0.3, 0.4) is 0 Å². The topological polar surface area (TPSA) is 76.4 Å². The highest BCUT2D eigenvalue weighted by atomic mass is 16.6. The summed E-state index contributed by atoms with van der Waals surface area (Å²) in [6.45, 7) is 5.97. The molecule has 2 aromatic rings. The molecule has 1 aliphatic heterocycles. The predicted molar refractivity (Wildman–Crippen MR) is 95.6 cm³/mol. The molecule has 2 aromatic heterocycles. The van der Waals surface area contributed by atoms with Gasteiger partial charge in [-0.25, -0.2) is 9.78 Å². The van der Waals surface area contributed by atoms with Crippen LogP contribution in [-0.4, -0.2) is 71.1 Å². The Bertz CT molecular complexity index is 809. The molecule has 3 rings (SSSR count). The third-order valence-corrected chi connectivity index (χ3v) is 4.54. The zero-order valence-electron chi connectivity index (χ0n) is 15.4. The van der Waals surface area contributed by atoms with Gasteiger partial charge >= 0.3 is 6.09 Å². The largest absolute Gasteiger partial charge is 0.493 e. The van der Waals surface area contributed by atoms with Gasteiger partial charge in [-0.2, -0.15) is 0 Å². The van der Waals surface area contributed by atoms with Crippen molar-refractivity contribution in [2.24, 2.45) is 0 Å². The SMILES string of the molecule is CCOC(=O)N1CCN(C(=O)c2c(CC)nc3c(OC)cccn23)CC1. The van der Waals surface area contributed by atoms with Crippen molar-refractivity contribution in [2.75, 3.05) is 39.9 Å². The Kier molecular flexibility index (Phi) is 5.29. The van der Waals surface area contributed by atoms with Crippen LogP contribution < -0.4 is 4.74 Å². The first-order valence-corrected chi connectivity index (χ1v) is 8.85. The highest BCUT2D eigenvalue weighted by molar-refractivity contribution is 5.95. The maximum Gasteiger partial charge on any atom is 0.409 e. The number of aryl methyl sites for hydroxylation is 1. The quantitative estimate of drug-likeness (QED) is 0.831. The second kappa shape index (κ2) is 7.63. The Balaban J connectivity index is 1.84. The summed E-state index contributed by atoms with van der Waals surface area (Å²) in [5.41, 5.74) is 1.94. The normalized spacial score (nSPS) is 14.6. The molecule has 1 aliphatic rings. The average Bonchev–Trinajstić information content (AvgIpc) is 3.06. The van der Waals surface area contributed by atoms with Crippen LogP contribution in [0.5, 0.6) is 5.75 Å². The lowest BCUT2D eigenvalue weighted by Gasteiger charge is -2.34. The number of carbonyl (C=O) groups excluding carboxylic acids is 2. The first-order chi connectivity index (χ1) is 12.6. The first-order valence-electron chi connectivity index (χ1n) is 8.85. The molecule has 8 nitrogen and oxygen atoms in total. The van der Waals surface area contributed by atoms with E-state index in [4.69, 9.17) is 9.47 Å². The first kappa shape index (κ1) is 18.0. The average molecular weight is 360 g/mol. The number of ether oxygens (including phenoxy) is 2. The van der Waals surface area contributed by atoms with Gasteiger partial charge in [-0.3, -0.25) is 9.20 Å². The van der Waals surface area contributed by atoms with E-state index in [9.17, 15) is 9.59 Å². The molecule has 26 heavy (non-hydrogen) atoms. The Hall–Kier alpha value is -2.77. The lowest BCUT2D eigenvalue weighted by atomic mass is 10.2. The summed E-state index contributed by atoms with van der Waals surface area (Å²) < 4.78 is 12.2. The molecule has 2 amide bonds. The second-order valence-electron chi connectivity index (χ2n) is 6.01. The van der Waals surface area contributed by atoms with E-state index in [2.05, 4.69) is 4.98 Å². The van der Waals surface area contributed by atoms with Gasteiger partial charge in [-0.15, -0.1) is 0 Å². The van der Waals surface area contributed by atoms with E-state index in [0.29, 0.717) is 56.3 Å². The van der Waals surface area contributed by atoms with Crippen LogP contribution >= 0.6 is 0 Å². The molecule has 3 heterocycles. The van der Waals surface area contributed by atoms with Crippen molar-refractivity contribution in [3.63, 3.8) is 0 Å². The molecule has 0 aliphatic carbocycles. The van der Waals surface area contributed by atoms with Crippen LogP contribution in [0.2, 0.25) is 0 Å². The highest BCUT2D eigenvalue weighted by Crippen LogP contribution is 2.23.